The van der Waals surface area contributed by atoms with Gasteiger partial charge in [0.1, 0.15) is 11.7 Å². The van der Waals surface area contributed by atoms with Crippen molar-refractivity contribution in [1.82, 2.24) is 15.2 Å². The van der Waals surface area contributed by atoms with Gasteiger partial charge in [0.05, 0.1) is 0 Å². The van der Waals surface area contributed by atoms with E-state index in [4.69, 9.17) is 4.99 Å². The predicted octanol–water partition coefficient (Wildman–Crippen LogP) is 6.34. The lowest BCUT2D eigenvalue weighted by atomic mass is 9.96. The van der Waals surface area contributed by atoms with E-state index in [1.165, 1.54) is 24.8 Å². The third-order valence-corrected chi connectivity index (χ3v) is 6.81. The van der Waals surface area contributed by atoms with Crippen molar-refractivity contribution in [3.8, 4) is 0 Å². The van der Waals surface area contributed by atoms with Crippen molar-refractivity contribution in [2.24, 2.45) is 10.9 Å². The minimum atomic E-state index is 0.566. The van der Waals surface area contributed by atoms with Crippen LogP contribution >= 0.6 is 0 Å². The van der Waals surface area contributed by atoms with Gasteiger partial charge in [-0.05, 0) is 73.4 Å². The maximum absolute atomic E-state index is 5.23. The predicted molar refractivity (Wildman–Crippen MR) is 149 cm³/mol. The van der Waals surface area contributed by atoms with Crippen LogP contribution in [0.5, 0.6) is 0 Å². The Labute approximate surface area is 211 Å². The first-order chi connectivity index (χ1) is 16.9. The number of aliphatic imine (C=N–C) groups is 1. The van der Waals surface area contributed by atoms with E-state index in [0.717, 1.165) is 72.3 Å². The van der Waals surface area contributed by atoms with Crippen molar-refractivity contribution in [2.45, 2.75) is 46.5 Å². The van der Waals surface area contributed by atoms with Crippen LogP contribution < -0.4 is 10.2 Å². The van der Waals surface area contributed by atoms with Gasteiger partial charge in [-0.3, -0.25) is 4.98 Å². The Morgan fingerprint density at radius 3 is 2.46 bits per heavy atom. The van der Waals surface area contributed by atoms with Gasteiger partial charge >= 0.3 is 0 Å². The third-order valence-electron chi connectivity index (χ3n) is 6.81. The Morgan fingerprint density at radius 2 is 1.74 bits per heavy atom. The van der Waals surface area contributed by atoms with Gasteiger partial charge in [0.25, 0.3) is 0 Å². The molecule has 0 amide bonds. The first-order valence-corrected chi connectivity index (χ1v) is 12.9. The second kappa shape index (κ2) is 11.4. The largest absolute Gasteiger partial charge is 0.385 e. The van der Waals surface area contributed by atoms with Gasteiger partial charge in [-0.2, -0.15) is 0 Å². The summed E-state index contributed by atoms with van der Waals surface area (Å²) in [6, 6.07) is 12.7. The normalized spacial score (nSPS) is 16.7. The molecule has 1 N–H and O–H groups in total. The molecule has 4 rings (SSSR count). The fraction of sp³-hybridized carbons (Fsp3) is 0.400. The maximum Gasteiger partial charge on any atom is 0.138 e. The number of nitrogens with one attached hydrogen (secondary N) is 1. The molecule has 5 nitrogen and oxygen atoms in total. The molecule has 184 valence electrons. The zero-order valence-electron chi connectivity index (χ0n) is 21.6. The highest BCUT2D eigenvalue weighted by Gasteiger charge is 2.27. The van der Waals surface area contributed by atoms with E-state index in [-0.39, 0.29) is 0 Å². The Kier molecular flexibility index (Phi) is 8.06. The molecule has 2 aliphatic rings. The molecule has 2 aliphatic heterocycles. The third kappa shape index (κ3) is 6.02. The van der Waals surface area contributed by atoms with Gasteiger partial charge in [-0.25, -0.2) is 4.99 Å². The van der Waals surface area contributed by atoms with Crippen LogP contribution in [0.25, 0.3) is 11.3 Å². The molecule has 1 fully saturated rings. The first kappa shape index (κ1) is 24.8. The summed E-state index contributed by atoms with van der Waals surface area (Å²) >= 11 is 0. The van der Waals surface area contributed by atoms with E-state index in [2.05, 4.69) is 90.4 Å². The molecule has 0 saturated carbocycles. The molecule has 1 saturated heterocycles. The van der Waals surface area contributed by atoms with Crippen LogP contribution in [0.1, 0.15) is 57.6 Å². The molecule has 2 aromatic rings. The number of piperidine rings is 1. The van der Waals surface area contributed by atoms with Crippen molar-refractivity contribution in [2.75, 3.05) is 31.1 Å². The second-order valence-electron chi connectivity index (χ2n) is 9.93. The van der Waals surface area contributed by atoms with E-state index in [1.807, 2.05) is 12.4 Å². The SMILES string of the molecule is C=C(NCC(C)C)c1cccc(C(=C)C2=C(N=C(C)N3CCCCC3)N(c3ccncc3)CC2)c1. The Hall–Kier alpha value is -3.34. The number of rotatable bonds is 8. The number of hydrogen-bond donors (Lipinski definition) is 1. The summed E-state index contributed by atoms with van der Waals surface area (Å²) in [7, 11) is 0. The molecule has 1 aromatic carbocycles. The van der Waals surface area contributed by atoms with E-state index >= 15 is 0 Å². The number of benzene rings is 1. The van der Waals surface area contributed by atoms with Crippen molar-refractivity contribution in [3.63, 3.8) is 0 Å². The highest BCUT2D eigenvalue weighted by atomic mass is 15.3. The molecular weight excluding hydrogens is 430 g/mol. The highest BCUT2D eigenvalue weighted by Crippen LogP contribution is 2.37. The summed E-state index contributed by atoms with van der Waals surface area (Å²) in [6.07, 6.45) is 8.39. The van der Waals surface area contributed by atoms with Gasteiger partial charge in [-0.1, -0.05) is 45.2 Å². The van der Waals surface area contributed by atoms with Crippen molar-refractivity contribution in [3.05, 3.63) is 84.5 Å². The minimum absolute atomic E-state index is 0.566. The van der Waals surface area contributed by atoms with Crippen molar-refractivity contribution >= 4 is 22.8 Å². The monoisotopic (exact) mass is 469 g/mol. The van der Waals surface area contributed by atoms with Gasteiger partial charge in [0.2, 0.25) is 0 Å². The molecule has 35 heavy (non-hydrogen) atoms. The van der Waals surface area contributed by atoms with Crippen molar-refractivity contribution in [1.29, 1.82) is 0 Å². The summed E-state index contributed by atoms with van der Waals surface area (Å²) in [5.74, 6) is 2.66. The Morgan fingerprint density at radius 1 is 1.03 bits per heavy atom. The number of likely N-dealkylation sites (tertiary alicyclic amines) is 1. The molecule has 0 atom stereocenters. The first-order valence-electron chi connectivity index (χ1n) is 12.9. The Balaban J connectivity index is 1.67. The summed E-state index contributed by atoms with van der Waals surface area (Å²) in [6.45, 7) is 19.3. The fourth-order valence-electron chi connectivity index (χ4n) is 4.73. The topological polar surface area (TPSA) is 43.8 Å². The van der Waals surface area contributed by atoms with Gasteiger partial charge in [-0.15, -0.1) is 0 Å². The average molecular weight is 470 g/mol. The standard InChI is InChI=1S/C30H39N5/c1-22(2)21-32-24(4)27-11-9-10-26(20-27)23(3)29-14-19-35(28-12-15-31-16-13-28)30(29)33-25(5)34-17-7-6-8-18-34/h9-13,15-16,20,22,32H,3-4,6-8,14,17-19,21H2,1-2,5H3. The molecule has 5 heteroatoms. The van der Waals surface area contributed by atoms with Crippen LogP contribution in [0.2, 0.25) is 0 Å². The molecule has 0 aliphatic carbocycles. The lowest BCUT2D eigenvalue weighted by Gasteiger charge is -2.29. The van der Waals surface area contributed by atoms with Crippen LogP contribution in [0.4, 0.5) is 5.69 Å². The lowest BCUT2D eigenvalue weighted by molar-refractivity contribution is 0.340. The molecule has 0 spiro atoms. The summed E-state index contributed by atoms with van der Waals surface area (Å²) in [4.78, 5) is 14.2. The average Bonchev–Trinajstić information content (AvgIpc) is 3.31. The number of aromatic nitrogens is 1. The molecule has 0 radical (unpaired) electrons. The minimum Gasteiger partial charge on any atom is -0.385 e. The van der Waals surface area contributed by atoms with E-state index in [1.54, 1.807) is 0 Å². The second-order valence-corrected chi connectivity index (χ2v) is 9.93. The van der Waals surface area contributed by atoms with Crippen LogP contribution in [-0.2, 0) is 0 Å². The van der Waals surface area contributed by atoms with E-state index in [0.29, 0.717) is 5.92 Å². The zero-order valence-corrected chi connectivity index (χ0v) is 21.6. The van der Waals surface area contributed by atoms with Crippen LogP contribution in [0.3, 0.4) is 0 Å². The van der Waals surface area contributed by atoms with E-state index < -0.39 is 0 Å². The quantitative estimate of drug-likeness (QED) is 0.362. The summed E-state index contributed by atoms with van der Waals surface area (Å²) < 4.78 is 0. The van der Waals surface area contributed by atoms with Crippen LogP contribution in [0, 0.1) is 5.92 Å². The molecule has 3 heterocycles. The fourth-order valence-corrected chi connectivity index (χ4v) is 4.73. The molecular formula is C30H39N5. The highest BCUT2D eigenvalue weighted by molar-refractivity contribution is 5.86. The van der Waals surface area contributed by atoms with Crippen LogP contribution in [0.15, 0.2) is 78.3 Å². The summed E-state index contributed by atoms with van der Waals surface area (Å²) in [5, 5.41) is 3.46. The van der Waals surface area contributed by atoms with E-state index in [9.17, 15) is 0 Å². The van der Waals surface area contributed by atoms with Gasteiger partial charge < -0.3 is 15.1 Å². The number of allylic oxidation sites excluding steroid dienone is 1. The molecule has 0 unspecified atom stereocenters. The number of nitrogens with zero attached hydrogens (tertiary/aromatic N) is 4. The van der Waals surface area contributed by atoms with Crippen LogP contribution in [-0.4, -0.2) is 41.9 Å². The van der Waals surface area contributed by atoms with Gasteiger partial charge in [0.15, 0.2) is 0 Å². The molecule has 0 bridgehead atoms. The number of anilines is 1. The smallest absolute Gasteiger partial charge is 0.138 e. The Bertz CT molecular complexity index is 1110. The van der Waals surface area contributed by atoms with Gasteiger partial charge in [0, 0.05) is 55.5 Å². The lowest BCUT2D eigenvalue weighted by Crippen LogP contribution is -2.34. The van der Waals surface area contributed by atoms with Crippen molar-refractivity contribution < 1.29 is 0 Å². The number of pyridine rings is 1. The number of amidine groups is 1. The zero-order chi connectivity index (χ0) is 24.8. The number of hydrogen-bond acceptors (Lipinski definition) is 4. The summed E-state index contributed by atoms with van der Waals surface area (Å²) in [5.41, 5.74) is 6.52. The molecule has 1 aromatic heterocycles. The maximum atomic E-state index is 5.23.